The largest absolute Gasteiger partial charge is 0.366 e. The molecule has 12 heavy (non-hydrogen) atoms. The lowest BCUT2D eigenvalue weighted by Gasteiger charge is -1.91. The van der Waals surface area contributed by atoms with Gasteiger partial charge < -0.3 is 5.73 Å². The van der Waals surface area contributed by atoms with E-state index in [1.54, 1.807) is 0 Å². The molecule has 0 saturated carbocycles. The Kier molecular flexibility index (Phi) is 6.65. The Morgan fingerprint density at radius 1 is 1.17 bits per heavy atom. The third-order valence-corrected chi connectivity index (χ3v) is 1.13. The van der Waals surface area contributed by atoms with Crippen LogP contribution in [0.2, 0.25) is 0 Å². The van der Waals surface area contributed by atoms with Crippen LogP contribution in [0.3, 0.4) is 0 Å². The molecule has 0 unspecified atom stereocenters. The van der Waals surface area contributed by atoms with Gasteiger partial charge in [-0.05, 0) is 24.3 Å². The van der Waals surface area contributed by atoms with Crippen LogP contribution < -0.4 is 5.73 Å². The highest BCUT2D eigenvalue weighted by Crippen LogP contribution is 2.00. The van der Waals surface area contributed by atoms with Crippen molar-refractivity contribution in [3.8, 4) is 0 Å². The van der Waals surface area contributed by atoms with Crippen molar-refractivity contribution in [3.05, 3.63) is 35.6 Å². The molecule has 68 valence electrons. The first kappa shape index (κ1) is 13.8. The molecular weight excluding hydrogens is 204 g/mol. The number of nitrogens with two attached hydrogens (primary N) is 1. The zero-order chi connectivity index (χ0) is 7.56. The molecule has 0 radical (unpaired) electrons. The van der Waals surface area contributed by atoms with Gasteiger partial charge in [0.25, 0.3) is 0 Å². The van der Waals surface area contributed by atoms with Gasteiger partial charge in [0.1, 0.15) is 5.82 Å². The predicted octanol–water partition coefficient (Wildman–Crippen LogP) is 1.77. The van der Waals surface area contributed by atoms with Crippen LogP contribution in [0.5, 0.6) is 0 Å². The van der Waals surface area contributed by atoms with Gasteiger partial charge in [0, 0.05) is 5.56 Å². The van der Waals surface area contributed by atoms with E-state index in [0.29, 0.717) is 5.56 Å². The van der Waals surface area contributed by atoms with Crippen molar-refractivity contribution in [2.45, 2.75) is 0 Å². The number of rotatable bonds is 1. The van der Waals surface area contributed by atoms with Crippen molar-refractivity contribution >= 4 is 30.7 Å². The monoisotopic (exact) mass is 211 g/mol. The van der Waals surface area contributed by atoms with Crippen molar-refractivity contribution in [1.29, 1.82) is 0 Å². The fraction of sp³-hybridized carbons (Fsp3) is 0. The van der Waals surface area contributed by atoms with Gasteiger partial charge in [-0.25, -0.2) is 4.39 Å². The smallest absolute Gasteiger partial charge is 0.248 e. The Hall–Kier alpha value is -0.800. The summed E-state index contributed by atoms with van der Waals surface area (Å²) in [4.78, 5) is 10.4. The summed E-state index contributed by atoms with van der Waals surface area (Å²) in [5, 5.41) is 0. The fourth-order valence-electron chi connectivity index (χ4n) is 0.614. The number of hydrogen-bond donors (Lipinski definition) is 1. The van der Waals surface area contributed by atoms with Crippen LogP contribution in [-0.4, -0.2) is 5.91 Å². The van der Waals surface area contributed by atoms with E-state index >= 15 is 0 Å². The summed E-state index contributed by atoms with van der Waals surface area (Å²) in [7, 11) is 0. The van der Waals surface area contributed by atoms with E-state index < -0.39 is 5.91 Å². The molecule has 0 aliphatic carbocycles. The van der Waals surface area contributed by atoms with Crippen LogP contribution in [-0.2, 0) is 0 Å². The van der Waals surface area contributed by atoms with Gasteiger partial charge in [0.15, 0.2) is 0 Å². The maximum atomic E-state index is 12.2. The van der Waals surface area contributed by atoms with Crippen LogP contribution in [0.4, 0.5) is 4.39 Å². The molecule has 0 aliphatic rings. The Morgan fingerprint density at radius 2 is 1.58 bits per heavy atom. The number of primary amides is 1. The quantitative estimate of drug-likeness (QED) is 0.757. The molecule has 5 heteroatoms. The number of halogens is 3. The van der Waals surface area contributed by atoms with Gasteiger partial charge in [-0.2, -0.15) is 0 Å². The SMILES string of the molecule is Cl.Cl.NC(=O)c1ccc(F)cc1. The van der Waals surface area contributed by atoms with Crippen LogP contribution in [0.1, 0.15) is 10.4 Å². The first-order valence-electron chi connectivity index (χ1n) is 2.75. The van der Waals surface area contributed by atoms with Crippen LogP contribution in [0.15, 0.2) is 24.3 Å². The number of carbonyl (C=O) groups excluding carboxylic acids is 1. The first-order chi connectivity index (χ1) is 4.70. The molecule has 1 aromatic rings. The topological polar surface area (TPSA) is 43.1 Å². The summed E-state index contributed by atoms with van der Waals surface area (Å²) >= 11 is 0. The van der Waals surface area contributed by atoms with Crippen molar-refractivity contribution in [1.82, 2.24) is 0 Å². The van der Waals surface area contributed by atoms with E-state index in [1.807, 2.05) is 0 Å². The zero-order valence-electron chi connectivity index (χ0n) is 5.99. The lowest BCUT2D eigenvalue weighted by molar-refractivity contribution is 0.100. The van der Waals surface area contributed by atoms with E-state index in [-0.39, 0.29) is 30.6 Å². The molecule has 2 N–H and O–H groups in total. The molecule has 0 saturated heterocycles. The van der Waals surface area contributed by atoms with Crippen molar-refractivity contribution in [3.63, 3.8) is 0 Å². The molecule has 1 amide bonds. The van der Waals surface area contributed by atoms with Crippen molar-refractivity contribution in [2.24, 2.45) is 5.73 Å². The normalized spacial score (nSPS) is 7.75. The molecule has 0 aliphatic heterocycles. The third-order valence-electron chi connectivity index (χ3n) is 1.13. The number of amides is 1. The summed E-state index contributed by atoms with van der Waals surface area (Å²) < 4.78 is 12.2. The first-order valence-corrected chi connectivity index (χ1v) is 2.75. The molecule has 0 spiro atoms. The second-order valence-electron chi connectivity index (χ2n) is 1.87. The van der Waals surface area contributed by atoms with Gasteiger partial charge in [0.2, 0.25) is 5.91 Å². The van der Waals surface area contributed by atoms with Crippen molar-refractivity contribution in [2.75, 3.05) is 0 Å². The molecular formula is C7H8Cl2FNO. The molecule has 1 aromatic carbocycles. The second kappa shape index (κ2) is 5.80. The van der Waals surface area contributed by atoms with Gasteiger partial charge in [-0.3, -0.25) is 4.79 Å². The lowest BCUT2D eigenvalue weighted by Crippen LogP contribution is -2.10. The average Bonchev–Trinajstić information content (AvgIpc) is 1.88. The molecule has 1 rings (SSSR count). The van der Waals surface area contributed by atoms with E-state index in [0.717, 1.165) is 0 Å². The van der Waals surface area contributed by atoms with Gasteiger partial charge in [-0.1, -0.05) is 0 Å². The summed E-state index contributed by atoms with van der Waals surface area (Å²) in [6, 6.07) is 5.08. The molecule has 0 bridgehead atoms. The van der Waals surface area contributed by atoms with E-state index in [1.165, 1.54) is 24.3 Å². The van der Waals surface area contributed by atoms with Gasteiger partial charge in [0.05, 0.1) is 0 Å². The Bertz CT molecular complexity index is 250. The summed E-state index contributed by atoms with van der Waals surface area (Å²) in [6.45, 7) is 0. The van der Waals surface area contributed by atoms with Crippen molar-refractivity contribution < 1.29 is 9.18 Å². The third kappa shape index (κ3) is 3.55. The van der Waals surface area contributed by atoms with E-state index in [9.17, 15) is 9.18 Å². The van der Waals surface area contributed by atoms with Gasteiger partial charge >= 0.3 is 0 Å². The predicted molar refractivity (Wildman–Crippen MR) is 49.4 cm³/mol. The summed E-state index contributed by atoms with van der Waals surface area (Å²) in [5.41, 5.74) is 5.22. The van der Waals surface area contributed by atoms with E-state index in [4.69, 9.17) is 5.73 Å². The molecule has 0 aromatic heterocycles. The number of hydrogen-bond acceptors (Lipinski definition) is 1. The van der Waals surface area contributed by atoms with E-state index in [2.05, 4.69) is 0 Å². The molecule has 0 atom stereocenters. The minimum absolute atomic E-state index is 0. The Labute approximate surface area is 81.8 Å². The minimum atomic E-state index is -0.542. The standard InChI is InChI=1S/C7H6FNO.2ClH/c8-6-3-1-5(2-4-6)7(9)10;;/h1-4H,(H2,9,10);2*1H. The van der Waals surface area contributed by atoms with Gasteiger partial charge in [-0.15, -0.1) is 24.8 Å². The zero-order valence-corrected chi connectivity index (χ0v) is 7.62. The highest BCUT2D eigenvalue weighted by Gasteiger charge is 1.97. The second-order valence-corrected chi connectivity index (χ2v) is 1.87. The Balaban J connectivity index is 0. The highest BCUT2D eigenvalue weighted by atomic mass is 35.5. The minimum Gasteiger partial charge on any atom is -0.366 e. The average molecular weight is 212 g/mol. The van der Waals surface area contributed by atoms with Crippen LogP contribution in [0, 0.1) is 5.82 Å². The number of carbonyl (C=O) groups is 1. The maximum Gasteiger partial charge on any atom is 0.248 e. The maximum absolute atomic E-state index is 12.2. The number of benzene rings is 1. The highest BCUT2D eigenvalue weighted by molar-refractivity contribution is 5.92. The summed E-state index contributed by atoms with van der Waals surface area (Å²) in [6.07, 6.45) is 0. The van der Waals surface area contributed by atoms with Crippen LogP contribution >= 0.6 is 24.8 Å². The van der Waals surface area contributed by atoms with Crippen LogP contribution in [0.25, 0.3) is 0 Å². The summed E-state index contributed by atoms with van der Waals surface area (Å²) in [5.74, 6) is -0.912. The molecule has 0 fully saturated rings. The fourth-order valence-corrected chi connectivity index (χ4v) is 0.614. The molecule has 2 nitrogen and oxygen atoms in total. The lowest BCUT2D eigenvalue weighted by atomic mass is 10.2. The Morgan fingerprint density at radius 3 is 1.92 bits per heavy atom. The molecule has 0 heterocycles.